The number of ether oxygens (including phenoxy) is 1. The van der Waals surface area contributed by atoms with Gasteiger partial charge in [-0.25, -0.2) is 15.0 Å². The van der Waals surface area contributed by atoms with Crippen LogP contribution in [-0.4, -0.2) is 21.1 Å². The minimum Gasteiger partial charge on any atom is -0.485 e. The lowest BCUT2D eigenvalue weighted by Crippen LogP contribution is -2.20. The molecule has 0 N–H and O–H groups in total. The topological polar surface area (TPSA) is 61.0 Å². The van der Waals surface area contributed by atoms with Crippen molar-refractivity contribution in [1.29, 1.82) is 0 Å². The first-order valence-corrected chi connectivity index (χ1v) is 18.3. The van der Waals surface area contributed by atoms with Crippen LogP contribution in [0.2, 0.25) is 0 Å². The lowest BCUT2D eigenvalue weighted by molar-refractivity contribution is 0.271. The molecule has 0 fully saturated rings. The molecule has 5 nitrogen and oxygen atoms in total. The van der Waals surface area contributed by atoms with E-state index < -0.39 is 0 Å². The highest BCUT2D eigenvalue weighted by Crippen LogP contribution is 2.48. The van der Waals surface area contributed by atoms with Crippen LogP contribution in [0.15, 0.2) is 180 Å². The summed E-state index contributed by atoms with van der Waals surface area (Å²) in [7, 11) is 0. The predicted octanol–water partition coefficient (Wildman–Crippen LogP) is 12.1. The maximum atomic E-state index is 6.63. The van der Waals surface area contributed by atoms with E-state index in [0.717, 1.165) is 66.6 Å². The van der Waals surface area contributed by atoms with E-state index in [0.29, 0.717) is 17.5 Å². The smallest absolute Gasteiger partial charge is 0.164 e. The zero-order valence-corrected chi connectivity index (χ0v) is 29.1. The van der Waals surface area contributed by atoms with Gasteiger partial charge in [0.15, 0.2) is 17.5 Å². The number of furan rings is 1. The highest BCUT2D eigenvalue weighted by molar-refractivity contribution is 6.15. The van der Waals surface area contributed by atoms with Gasteiger partial charge in [-0.05, 0) is 45.7 Å². The van der Waals surface area contributed by atoms with E-state index in [9.17, 15) is 0 Å². The van der Waals surface area contributed by atoms with E-state index >= 15 is 0 Å². The quantitative estimate of drug-likeness (QED) is 0.180. The molecule has 0 radical (unpaired) electrons. The molecule has 0 bridgehead atoms. The molecule has 2 unspecified atom stereocenters. The van der Waals surface area contributed by atoms with E-state index in [1.807, 2.05) is 30.3 Å². The van der Waals surface area contributed by atoms with Crippen LogP contribution in [0.4, 0.5) is 0 Å². The van der Waals surface area contributed by atoms with Gasteiger partial charge < -0.3 is 9.15 Å². The Labute approximate surface area is 311 Å². The van der Waals surface area contributed by atoms with Gasteiger partial charge in [0, 0.05) is 38.6 Å². The van der Waals surface area contributed by atoms with Crippen LogP contribution in [0.1, 0.15) is 17.3 Å². The Morgan fingerprint density at radius 2 is 1.15 bits per heavy atom. The normalized spacial score (nSPS) is 16.0. The van der Waals surface area contributed by atoms with Crippen molar-refractivity contribution in [2.24, 2.45) is 0 Å². The molecule has 9 aromatic rings. The summed E-state index contributed by atoms with van der Waals surface area (Å²) in [5.74, 6) is 2.68. The zero-order valence-electron chi connectivity index (χ0n) is 29.1. The maximum Gasteiger partial charge on any atom is 0.164 e. The Morgan fingerprint density at radius 3 is 2.07 bits per heavy atom. The summed E-state index contributed by atoms with van der Waals surface area (Å²) in [6.07, 6.45) is 6.16. The first-order chi connectivity index (χ1) is 26.8. The van der Waals surface area contributed by atoms with Crippen molar-refractivity contribution in [3.8, 4) is 50.8 Å². The number of rotatable bonds is 5. The molecule has 5 heteroatoms. The minimum atomic E-state index is -0.135. The summed E-state index contributed by atoms with van der Waals surface area (Å²) >= 11 is 0. The molecule has 0 saturated heterocycles. The number of para-hydroxylation sites is 2. The molecule has 11 rings (SSSR count). The van der Waals surface area contributed by atoms with Gasteiger partial charge >= 0.3 is 0 Å². The van der Waals surface area contributed by atoms with E-state index in [1.54, 1.807) is 0 Å². The fourth-order valence-electron chi connectivity index (χ4n) is 8.23. The molecule has 0 spiro atoms. The summed E-state index contributed by atoms with van der Waals surface area (Å²) < 4.78 is 13.0. The zero-order chi connectivity index (χ0) is 35.6. The standard InChI is InChI=1S/C49H31N3O2/c1-2-12-31(13-3-1)36-19-9-20-38-45-40(22-11-25-43(45)54-46(36)38)49-51-47(33-28-26-32(27-29-33)35-18-8-15-30-14-4-5-16-34(30)35)50-48(52-49)39-21-10-24-42-44(39)37-17-6-7-23-41(37)53-42/h1-29,42,44H. The number of hydrogen-bond donors (Lipinski definition) is 0. The Kier molecular flexibility index (Phi) is 6.92. The molecular weight excluding hydrogens is 663 g/mol. The fourth-order valence-corrected chi connectivity index (χ4v) is 8.23. The van der Waals surface area contributed by atoms with Gasteiger partial charge in [-0.15, -0.1) is 0 Å². The van der Waals surface area contributed by atoms with E-state index in [4.69, 9.17) is 24.1 Å². The third-order valence-electron chi connectivity index (χ3n) is 10.7. The van der Waals surface area contributed by atoms with Crippen LogP contribution in [0, 0.1) is 0 Å². The van der Waals surface area contributed by atoms with Crippen LogP contribution in [-0.2, 0) is 0 Å². The Morgan fingerprint density at radius 1 is 0.481 bits per heavy atom. The highest BCUT2D eigenvalue weighted by atomic mass is 16.5. The van der Waals surface area contributed by atoms with Crippen LogP contribution in [0.25, 0.3) is 83.3 Å². The van der Waals surface area contributed by atoms with Gasteiger partial charge in [-0.2, -0.15) is 0 Å². The van der Waals surface area contributed by atoms with Crippen molar-refractivity contribution in [2.45, 2.75) is 12.0 Å². The van der Waals surface area contributed by atoms with Gasteiger partial charge in [-0.3, -0.25) is 0 Å². The average molecular weight is 694 g/mol. The third-order valence-corrected chi connectivity index (χ3v) is 10.7. The lowest BCUT2D eigenvalue weighted by Gasteiger charge is -2.22. The molecule has 1 aliphatic carbocycles. The largest absolute Gasteiger partial charge is 0.485 e. The molecule has 254 valence electrons. The van der Waals surface area contributed by atoms with Crippen molar-refractivity contribution < 1.29 is 9.15 Å². The van der Waals surface area contributed by atoms with Crippen molar-refractivity contribution in [3.63, 3.8) is 0 Å². The number of fused-ring (bicyclic) bond motifs is 7. The molecule has 2 aliphatic rings. The van der Waals surface area contributed by atoms with Crippen molar-refractivity contribution >= 4 is 38.3 Å². The summed E-state index contributed by atoms with van der Waals surface area (Å²) in [6.45, 7) is 0. The van der Waals surface area contributed by atoms with E-state index in [1.165, 1.54) is 16.3 Å². The first kappa shape index (κ1) is 30.5. The molecule has 3 heterocycles. The summed E-state index contributed by atoms with van der Waals surface area (Å²) in [6, 6.07) is 54.6. The monoisotopic (exact) mass is 693 g/mol. The summed E-state index contributed by atoms with van der Waals surface area (Å²) in [5.41, 5.74) is 10.0. The molecule has 0 saturated carbocycles. The van der Waals surface area contributed by atoms with E-state index in [2.05, 4.69) is 146 Å². The second kappa shape index (κ2) is 12.2. The predicted molar refractivity (Wildman–Crippen MR) is 217 cm³/mol. The SMILES string of the molecule is C1=CC2Oc3ccccc3C2C(c2nc(-c3ccc(-c4cccc5ccccc45)cc3)nc(-c3cccc4oc5c(-c6ccccc6)cccc5c34)n2)=C1. The fraction of sp³-hybridized carbons (Fsp3) is 0.0408. The second-order valence-corrected chi connectivity index (χ2v) is 13.8. The van der Waals surface area contributed by atoms with E-state index in [-0.39, 0.29) is 12.0 Å². The number of aromatic nitrogens is 3. The Balaban J connectivity index is 1.10. The minimum absolute atomic E-state index is 0.0398. The molecule has 54 heavy (non-hydrogen) atoms. The van der Waals surface area contributed by atoms with Crippen molar-refractivity contribution in [2.75, 3.05) is 0 Å². The van der Waals surface area contributed by atoms with Gasteiger partial charge in [0.05, 0.1) is 5.92 Å². The Hall–Kier alpha value is -7.11. The first-order valence-electron chi connectivity index (χ1n) is 18.3. The van der Waals surface area contributed by atoms with Crippen LogP contribution in [0.3, 0.4) is 0 Å². The highest BCUT2D eigenvalue weighted by Gasteiger charge is 2.38. The van der Waals surface area contributed by atoms with Crippen LogP contribution < -0.4 is 4.74 Å². The average Bonchev–Trinajstić information content (AvgIpc) is 3.83. The number of hydrogen-bond acceptors (Lipinski definition) is 5. The molecule has 2 aromatic heterocycles. The summed E-state index contributed by atoms with van der Waals surface area (Å²) in [4.78, 5) is 15.7. The molecule has 7 aromatic carbocycles. The molecule has 2 atom stereocenters. The van der Waals surface area contributed by atoms with Gasteiger partial charge in [-0.1, -0.05) is 158 Å². The van der Waals surface area contributed by atoms with Gasteiger partial charge in [0.25, 0.3) is 0 Å². The number of allylic oxidation sites excluding steroid dienone is 2. The third kappa shape index (κ3) is 4.90. The molecule has 1 aliphatic heterocycles. The molecule has 0 amide bonds. The molecular formula is C49H31N3O2. The second-order valence-electron chi connectivity index (χ2n) is 13.8. The van der Waals surface area contributed by atoms with Gasteiger partial charge in [0.2, 0.25) is 0 Å². The Bertz CT molecular complexity index is 2970. The number of nitrogens with zero attached hydrogens (tertiary/aromatic N) is 3. The van der Waals surface area contributed by atoms with Crippen LogP contribution >= 0.6 is 0 Å². The van der Waals surface area contributed by atoms with Crippen molar-refractivity contribution in [3.05, 3.63) is 187 Å². The van der Waals surface area contributed by atoms with Gasteiger partial charge in [0.1, 0.15) is 23.0 Å². The lowest BCUT2D eigenvalue weighted by atomic mass is 9.84. The van der Waals surface area contributed by atoms with Crippen LogP contribution in [0.5, 0.6) is 5.75 Å². The maximum absolute atomic E-state index is 6.63. The van der Waals surface area contributed by atoms with Crippen molar-refractivity contribution in [1.82, 2.24) is 15.0 Å². The number of benzene rings is 7. The summed E-state index contributed by atoms with van der Waals surface area (Å²) in [5, 5.41) is 4.43.